The lowest BCUT2D eigenvalue weighted by atomic mass is 9.77. The zero-order valence-corrected chi connectivity index (χ0v) is 13.8. The first kappa shape index (κ1) is 17.9. The topological polar surface area (TPSA) is 61.9 Å². The van der Waals surface area contributed by atoms with Gasteiger partial charge in [-0.2, -0.15) is 0 Å². The predicted octanol–water partition coefficient (Wildman–Crippen LogP) is 0.329. The molecule has 6 heteroatoms. The number of carbonyl (C=O) groups excluding carboxylic acids is 2. The van der Waals surface area contributed by atoms with Crippen LogP contribution in [0.3, 0.4) is 0 Å². The van der Waals surface area contributed by atoms with Crippen molar-refractivity contribution >= 4 is 11.8 Å². The van der Waals surface area contributed by atoms with E-state index in [0.29, 0.717) is 19.7 Å². The third-order valence-electron chi connectivity index (χ3n) is 4.28. The van der Waals surface area contributed by atoms with Gasteiger partial charge >= 0.3 is 0 Å². The minimum atomic E-state index is -0.376. The average Bonchev–Trinajstić information content (AvgIpc) is 2.50. The number of piperidine rings is 1. The Morgan fingerprint density at radius 1 is 1.33 bits per heavy atom. The molecular weight excluding hydrogens is 270 g/mol. The summed E-state index contributed by atoms with van der Waals surface area (Å²) in [5.41, 5.74) is -0.376. The van der Waals surface area contributed by atoms with E-state index in [1.165, 1.54) is 4.90 Å². The van der Waals surface area contributed by atoms with Crippen molar-refractivity contribution in [3.8, 4) is 0 Å². The summed E-state index contributed by atoms with van der Waals surface area (Å²) in [4.78, 5) is 28.1. The quantitative estimate of drug-likeness (QED) is 0.736. The molecule has 0 aromatic rings. The molecule has 1 unspecified atom stereocenters. The van der Waals surface area contributed by atoms with Crippen molar-refractivity contribution in [2.45, 2.75) is 26.2 Å². The van der Waals surface area contributed by atoms with E-state index in [0.717, 1.165) is 25.8 Å². The minimum absolute atomic E-state index is 0.0607. The normalized spacial score (nSPS) is 21.9. The molecular formula is C15H29N3O3. The fourth-order valence-electron chi connectivity index (χ4n) is 2.70. The SMILES string of the molecule is CCC1(C(=O)N(CCOC)CC(=O)N(C)C)CCCNC1. The number of carbonyl (C=O) groups is 2. The van der Waals surface area contributed by atoms with E-state index in [4.69, 9.17) is 4.74 Å². The first-order chi connectivity index (χ1) is 9.96. The molecule has 1 aliphatic heterocycles. The Morgan fingerprint density at radius 2 is 2.05 bits per heavy atom. The third kappa shape index (κ3) is 4.68. The minimum Gasteiger partial charge on any atom is -0.383 e. The molecule has 1 heterocycles. The summed E-state index contributed by atoms with van der Waals surface area (Å²) >= 11 is 0. The Labute approximate surface area is 127 Å². The Hall–Kier alpha value is -1.14. The molecule has 1 fully saturated rings. The molecule has 0 radical (unpaired) electrons. The Bertz CT molecular complexity index is 352. The van der Waals surface area contributed by atoms with Crippen LogP contribution < -0.4 is 5.32 Å². The van der Waals surface area contributed by atoms with E-state index in [2.05, 4.69) is 5.32 Å². The summed E-state index contributed by atoms with van der Waals surface area (Å²) in [6, 6.07) is 0. The summed E-state index contributed by atoms with van der Waals surface area (Å²) in [5.74, 6) is 0.0129. The maximum atomic E-state index is 13.0. The fraction of sp³-hybridized carbons (Fsp3) is 0.867. The summed E-state index contributed by atoms with van der Waals surface area (Å²) < 4.78 is 5.08. The van der Waals surface area contributed by atoms with Gasteiger partial charge < -0.3 is 19.9 Å². The first-order valence-electron chi connectivity index (χ1n) is 7.66. The highest BCUT2D eigenvalue weighted by Gasteiger charge is 2.40. The molecule has 6 nitrogen and oxygen atoms in total. The average molecular weight is 299 g/mol. The second-order valence-electron chi connectivity index (χ2n) is 5.92. The van der Waals surface area contributed by atoms with Crippen LogP contribution in [0.5, 0.6) is 0 Å². The van der Waals surface area contributed by atoms with E-state index >= 15 is 0 Å². The molecule has 1 aliphatic rings. The molecule has 0 spiro atoms. The highest BCUT2D eigenvalue weighted by molar-refractivity contribution is 5.88. The number of methoxy groups -OCH3 is 1. The van der Waals surface area contributed by atoms with Gasteiger partial charge in [0, 0.05) is 34.3 Å². The summed E-state index contributed by atoms with van der Waals surface area (Å²) in [6.07, 6.45) is 2.67. The number of nitrogens with one attached hydrogen (secondary N) is 1. The lowest BCUT2D eigenvalue weighted by Crippen LogP contribution is -2.54. The zero-order chi connectivity index (χ0) is 15.9. The van der Waals surface area contributed by atoms with Gasteiger partial charge in [-0.1, -0.05) is 6.92 Å². The van der Waals surface area contributed by atoms with Crippen molar-refractivity contribution in [3.63, 3.8) is 0 Å². The maximum Gasteiger partial charge on any atom is 0.241 e. The Balaban J connectivity index is 2.84. The summed E-state index contributed by atoms with van der Waals surface area (Å²) in [6.45, 7) is 4.73. The third-order valence-corrected chi connectivity index (χ3v) is 4.28. The molecule has 2 amide bonds. The van der Waals surface area contributed by atoms with Crippen LogP contribution in [-0.4, -0.2) is 75.6 Å². The second kappa shape index (κ2) is 8.34. The zero-order valence-electron chi connectivity index (χ0n) is 13.8. The standard InChI is InChI=1S/C15H29N3O3/c1-5-15(7-6-8-16-12-15)14(20)18(9-10-21-4)11-13(19)17(2)3/h16H,5-12H2,1-4H3. The van der Waals surface area contributed by atoms with E-state index in [9.17, 15) is 9.59 Å². The predicted molar refractivity (Wildman–Crippen MR) is 82.0 cm³/mol. The molecule has 1 rings (SSSR count). The van der Waals surface area contributed by atoms with E-state index < -0.39 is 0 Å². The first-order valence-corrected chi connectivity index (χ1v) is 7.66. The van der Waals surface area contributed by atoms with Crippen molar-refractivity contribution in [1.29, 1.82) is 0 Å². The molecule has 0 aromatic carbocycles. The molecule has 1 saturated heterocycles. The van der Waals surface area contributed by atoms with Gasteiger partial charge in [0.2, 0.25) is 11.8 Å². The smallest absolute Gasteiger partial charge is 0.241 e. The van der Waals surface area contributed by atoms with Crippen LogP contribution in [0.2, 0.25) is 0 Å². The number of amides is 2. The van der Waals surface area contributed by atoms with E-state index in [-0.39, 0.29) is 23.8 Å². The molecule has 1 atom stereocenters. The fourth-order valence-corrected chi connectivity index (χ4v) is 2.70. The van der Waals surface area contributed by atoms with Crippen LogP contribution in [0.15, 0.2) is 0 Å². The van der Waals surface area contributed by atoms with Crippen molar-refractivity contribution in [3.05, 3.63) is 0 Å². The van der Waals surface area contributed by atoms with Crippen molar-refractivity contribution < 1.29 is 14.3 Å². The van der Waals surface area contributed by atoms with Gasteiger partial charge in [0.1, 0.15) is 0 Å². The number of rotatable bonds is 7. The Kier molecular flexibility index (Phi) is 7.11. The van der Waals surface area contributed by atoms with Gasteiger partial charge in [-0.15, -0.1) is 0 Å². The van der Waals surface area contributed by atoms with Crippen LogP contribution in [0.4, 0.5) is 0 Å². The van der Waals surface area contributed by atoms with Gasteiger partial charge in [-0.3, -0.25) is 9.59 Å². The number of nitrogens with zero attached hydrogens (tertiary/aromatic N) is 2. The molecule has 0 aromatic heterocycles. The van der Waals surface area contributed by atoms with Gasteiger partial charge in [0.05, 0.1) is 18.6 Å². The van der Waals surface area contributed by atoms with Crippen LogP contribution in [0.1, 0.15) is 26.2 Å². The van der Waals surface area contributed by atoms with Crippen molar-refractivity contribution in [2.24, 2.45) is 5.41 Å². The van der Waals surface area contributed by atoms with Gasteiger partial charge in [0.25, 0.3) is 0 Å². The van der Waals surface area contributed by atoms with Crippen LogP contribution in [-0.2, 0) is 14.3 Å². The molecule has 122 valence electrons. The number of likely N-dealkylation sites (N-methyl/N-ethyl adjacent to an activating group) is 1. The number of hydrogen-bond donors (Lipinski definition) is 1. The van der Waals surface area contributed by atoms with E-state index in [1.807, 2.05) is 6.92 Å². The Morgan fingerprint density at radius 3 is 2.52 bits per heavy atom. The van der Waals surface area contributed by atoms with E-state index in [1.54, 1.807) is 26.1 Å². The van der Waals surface area contributed by atoms with Gasteiger partial charge in [-0.05, 0) is 25.8 Å². The highest BCUT2D eigenvalue weighted by Crippen LogP contribution is 2.32. The molecule has 21 heavy (non-hydrogen) atoms. The molecule has 0 bridgehead atoms. The lowest BCUT2D eigenvalue weighted by molar-refractivity contribution is -0.148. The molecule has 0 aliphatic carbocycles. The van der Waals surface area contributed by atoms with Crippen molar-refractivity contribution in [1.82, 2.24) is 15.1 Å². The number of hydrogen-bond acceptors (Lipinski definition) is 4. The monoisotopic (exact) mass is 299 g/mol. The second-order valence-corrected chi connectivity index (χ2v) is 5.92. The highest BCUT2D eigenvalue weighted by atomic mass is 16.5. The van der Waals surface area contributed by atoms with Crippen LogP contribution in [0, 0.1) is 5.41 Å². The number of ether oxygens (including phenoxy) is 1. The van der Waals surface area contributed by atoms with Crippen LogP contribution >= 0.6 is 0 Å². The molecule has 1 N–H and O–H groups in total. The van der Waals surface area contributed by atoms with Gasteiger partial charge in [0.15, 0.2) is 0 Å². The largest absolute Gasteiger partial charge is 0.383 e. The molecule has 0 saturated carbocycles. The van der Waals surface area contributed by atoms with Crippen molar-refractivity contribution in [2.75, 3.05) is 54.0 Å². The lowest BCUT2D eigenvalue weighted by Gasteiger charge is -2.39. The summed E-state index contributed by atoms with van der Waals surface area (Å²) in [5, 5.41) is 3.32. The maximum absolute atomic E-state index is 13.0. The van der Waals surface area contributed by atoms with Crippen LogP contribution in [0.25, 0.3) is 0 Å². The van der Waals surface area contributed by atoms with Gasteiger partial charge in [-0.25, -0.2) is 0 Å². The summed E-state index contributed by atoms with van der Waals surface area (Å²) in [7, 11) is 5.02.